The average molecular weight is 394 g/mol. The molecule has 0 atom stereocenters. The quantitative estimate of drug-likeness (QED) is 0.577. The zero-order valence-electron chi connectivity index (χ0n) is 14.2. The molecular formula is C18H17Cl2N3O3. The highest BCUT2D eigenvalue weighted by Crippen LogP contribution is 2.27. The summed E-state index contributed by atoms with van der Waals surface area (Å²) in [7, 11) is 0. The van der Waals surface area contributed by atoms with Gasteiger partial charge in [-0.15, -0.1) is 0 Å². The third-order valence-electron chi connectivity index (χ3n) is 3.22. The zero-order valence-corrected chi connectivity index (χ0v) is 15.7. The molecule has 0 aliphatic rings. The molecule has 0 bridgehead atoms. The number of nitrogens with one attached hydrogen (secondary N) is 2. The number of anilines is 1. The van der Waals surface area contributed by atoms with Gasteiger partial charge in [-0.3, -0.25) is 9.59 Å². The zero-order chi connectivity index (χ0) is 19.1. The van der Waals surface area contributed by atoms with E-state index in [9.17, 15) is 9.59 Å². The highest BCUT2D eigenvalue weighted by molar-refractivity contribution is 6.34. The Hall–Kier alpha value is -2.57. The molecule has 2 N–H and O–H groups in total. The number of carbonyl (C=O) groups excluding carboxylic acids is 2. The van der Waals surface area contributed by atoms with Crippen LogP contribution in [0.3, 0.4) is 0 Å². The lowest BCUT2D eigenvalue weighted by Gasteiger charge is -2.08. The van der Waals surface area contributed by atoms with Crippen molar-refractivity contribution in [1.82, 2.24) is 5.43 Å². The summed E-state index contributed by atoms with van der Waals surface area (Å²) in [5, 5.41) is 7.53. The number of benzene rings is 2. The Morgan fingerprint density at radius 2 is 1.77 bits per heavy atom. The van der Waals surface area contributed by atoms with Crippen molar-refractivity contribution >= 4 is 46.4 Å². The summed E-state index contributed by atoms with van der Waals surface area (Å²) >= 11 is 11.8. The van der Waals surface area contributed by atoms with Crippen molar-refractivity contribution in [3.8, 4) is 5.75 Å². The summed E-state index contributed by atoms with van der Waals surface area (Å²) in [6, 6.07) is 11.8. The number of amides is 2. The average Bonchev–Trinajstić information content (AvgIpc) is 2.60. The van der Waals surface area contributed by atoms with Crippen LogP contribution in [0.25, 0.3) is 0 Å². The van der Waals surface area contributed by atoms with E-state index >= 15 is 0 Å². The van der Waals surface area contributed by atoms with E-state index in [1.54, 1.807) is 43.3 Å². The van der Waals surface area contributed by atoms with Crippen LogP contribution >= 0.6 is 23.2 Å². The Morgan fingerprint density at radius 3 is 2.42 bits per heavy atom. The van der Waals surface area contributed by atoms with Gasteiger partial charge in [0.1, 0.15) is 5.75 Å². The molecule has 136 valence electrons. The van der Waals surface area contributed by atoms with Gasteiger partial charge in [-0.05, 0) is 36.8 Å². The maximum absolute atomic E-state index is 11.9. The van der Waals surface area contributed by atoms with Crippen molar-refractivity contribution in [2.75, 3.05) is 11.9 Å². The third kappa shape index (κ3) is 6.06. The van der Waals surface area contributed by atoms with Crippen LogP contribution in [-0.4, -0.2) is 24.1 Å². The fourth-order valence-corrected chi connectivity index (χ4v) is 2.31. The van der Waals surface area contributed by atoms with Crippen LogP contribution in [0.15, 0.2) is 47.6 Å². The topological polar surface area (TPSA) is 79.8 Å². The second-order valence-electron chi connectivity index (χ2n) is 5.35. The van der Waals surface area contributed by atoms with Crippen LogP contribution in [0.1, 0.15) is 19.4 Å². The molecule has 2 aromatic carbocycles. The van der Waals surface area contributed by atoms with Crippen LogP contribution in [0.5, 0.6) is 5.75 Å². The summed E-state index contributed by atoms with van der Waals surface area (Å²) in [4.78, 5) is 22.9. The molecule has 6 nitrogen and oxygen atoms in total. The molecule has 2 aromatic rings. The predicted molar refractivity (Wildman–Crippen MR) is 103 cm³/mol. The molecule has 0 saturated heterocycles. The highest BCUT2D eigenvalue weighted by atomic mass is 35.5. The SMILES string of the molecule is CC(=O)Nc1ccc(/C(C)=N/NC(=O)COc2cc(Cl)ccc2Cl)cc1. The number of hydrogen-bond donors (Lipinski definition) is 2. The van der Waals surface area contributed by atoms with Crippen molar-refractivity contribution in [2.45, 2.75) is 13.8 Å². The molecule has 2 rings (SSSR count). The van der Waals surface area contributed by atoms with Crippen molar-refractivity contribution in [1.29, 1.82) is 0 Å². The maximum atomic E-state index is 11.9. The molecule has 26 heavy (non-hydrogen) atoms. The van der Waals surface area contributed by atoms with E-state index in [-0.39, 0.29) is 12.5 Å². The third-order valence-corrected chi connectivity index (χ3v) is 3.77. The molecule has 0 aliphatic carbocycles. The first-order chi connectivity index (χ1) is 12.3. The molecule has 0 unspecified atom stereocenters. The van der Waals surface area contributed by atoms with Crippen LogP contribution in [0.4, 0.5) is 5.69 Å². The van der Waals surface area contributed by atoms with Crippen molar-refractivity contribution in [3.05, 3.63) is 58.1 Å². The van der Waals surface area contributed by atoms with Gasteiger partial charge in [0.2, 0.25) is 5.91 Å². The van der Waals surface area contributed by atoms with Gasteiger partial charge in [0.25, 0.3) is 5.91 Å². The first-order valence-corrected chi connectivity index (χ1v) is 8.40. The number of hydrogen-bond acceptors (Lipinski definition) is 4. The summed E-state index contributed by atoms with van der Waals surface area (Å²) < 4.78 is 5.33. The lowest BCUT2D eigenvalue weighted by molar-refractivity contribution is -0.123. The van der Waals surface area contributed by atoms with Crippen molar-refractivity contribution < 1.29 is 14.3 Å². The minimum Gasteiger partial charge on any atom is -0.482 e. The molecule has 8 heteroatoms. The lowest BCUT2D eigenvalue weighted by atomic mass is 10.1. The number of nitrogens with zero attached hydrogens (tertiary/aromatic N) is 1. The monoisotopic (exact) mass is 393 g/mol. The summed E-state index contributed by atoms with van der Waals surface area (Å²) in [6.07, 6.45) is 0. The molecule has 2 amide bonds. The molecular weight excluding hydrogens is 377 g/mol. The lowest BCUT2D eigenvalue weighted by Crippen LogP contribution is -2.25. The number of halogens is 2. The van der Waals surface area contributed by atoms with Gasteiger partial charge in [0.05, 0.1) is 10.7 Å². The number of carbonyl (C=O) groups is 2. The largest absolute Gasteiger partial charge is 0.482 e. The van der Waals surface area contributed by atoms with E-state index in [1.807, 2.05) is 0 Å². The van der Waals surface area contributed by atoms with E-state index < -0.39 is 5.91 Å². The molecule has 0 radical (unpaired) electrons. The van der Waals surface area contributed by atoms with E-state index in [2.05, 4.69) is 15.8 Å². The maximum Gasteiger partial charge on any atom is 0.277 e. The molecule has 0 aliphatic heterocycles. The Labute approximate surface area is 161 Å². The molecule has 0 heterocycles. The first kappa shape index (κ1) is 19.8. The predicted octanol–water partition coefficient (Wildman–Crippen LogP) is 3.87. The number of hydrazone groups is 1. The Balaban J connectivity index is 1.90. The van der Waals surface area contributed by atoms with E-state index in [0.717, 1.165) is 5.56 Å². The Bertz CT molecular complexity index is 836. The van der Waals surface area contributed by atoms with Crippen LogP contribution in [-0.2, 0) is 9.59 Å². The normalized spacial score (nSPS) is 11.0. The minimum absolute atomic E-state index is 0.143. The fourth-order valence-electron chi connectivity index (χ4n) is 1.97. The minimum atomic E-state index is -0.435. The van der Waals surface area contributed by atoms with Gasteiger partial charge in [0, 0.05) is 23.7 Å². The van der Waals surface area contributed by atoms with Gasteiger partial charge < -0.3 is 10.1 Å². The Kier molecular flexibility index (Phi) is 7.00. The fraction of sp³-hybridized carbons (Fsp3) is 0.167. The van der Waals surface area contributed by atoms with Gasteiger partial charge in [0.15, 0.2) is 6.61 Å². The molecule has 0 spiro atoms. The van der Waals surface area contributed by atoms with Gasteiger partial charge in [-0.25, -0.2) is 5.43 Å². The number of rotatable bonds is 6. The van der Waals surface area contributed by atoms with Crippen molar-refractivity contribution in [2.24, 2.45) is 5.10 Å². The summed E-state index contributed by atoms with van der Waals surface area (Å²) in [6.45, 7) is 2.94. The van der Waals surface area contributed by atoms with Gasteiger partial charge in [-0.2, -0.15) is 5.10 Å². The number of ether oxygens (including phenoxy) is 1. The molecule has 0 saturated carbocycles. The summed E-state index contributed by atoms with van der Waals surface area (Å²) in [5.41, 5.74) is 4.50. The van der Waals surface area contributed by atoms with E-state index in [4.69, 9.17) is 27.9 Å². The van der Waals surface area contributed by atoms with Crippen LogP contribution < -0.4 is 15.5 Å². The summed E-state index contributed by atoms with van der Waals surface area (Å²) in [5.74, 6) is -0.256. The van der Waals surface area contributed by atoms with Crippen LogP contribution in [0, 0.1) is 0 Å². The first-order valence-electron chi connectivity index (χ1n) is 7.64. The smallest absolute Gasteiger partial charge is 0.277 e. The molecule has 0 fully saturated rings. The second-order valence-corrected chi connectivity index (χ2v) is 6.20. The molecule has 0 aromatic heterocycles. The highest BCUT2D eigenvalue weighted by Gasteiger charge is 2.07. The van der Waals surface area contributed by atoms with Gasteiger partial charge in [-0.1, -0.05) is 35.3 Å². The Morgan fingerprint density at radius 1 is 1.08 bits per heavy atom. The van der Waals surface area contributed by atoms with Crippen molar-refractivity contribution in [3.63, 3.8) is 0 Å². The van der Waals surface area contributed by atoms with Gasteiger partial charge >= 0.3 is 0 Å². The van der Waals surface area contributed by atoms with Crippen LogP contribution in [0.2, 0.25) is 10.0 Å². The van der Waals surface area contributed by atoms with E-state index in [0.29, 0.717) is 27.2 Å². The second kappa shape index (κ2) is 9.22. The standard InChI is InChI=1S/C18H17Cl2N3O3/c1-11(13-3-6-15(7-4-13)21-12(2)24)22-23-18(25)10-26-17-9-14(19)5-8-16(17)20/h3-9H,10H2,1-2H3,(H,21,24)(H,23,25)/b22-11+. The van der Waals surface area contributed by atoms with E-state index in [1.165, 1.54) is 13.0 Å².